The fourth-order valence-corrected chi connectivity index (χ4v) is 4.44. The van der Waals surface area contributed by atoms with Crippen LogP contribution in [0.15, 0.2) is 0 Å². The largest absolute Gasteiger partial charge is 0.350 e. The molecule has 0 aromatic heterocycles. The van der Waals surface area contributed by atoms with Gasteiger partial charge in [0.25, 0.3) is 0 Å². The summed E-state index contributed by atoms with van der Waals surface area (Å²) >= 11 is 0. The average Bonchev–Trinajstić information content (AvgIpc) is 2.30. The molecule has 0 aromatic carbocycles. The minimum absolute atomic E-state index is 0.320. The van der Waals surface area contributed by atoms with Gasteiger partial charge in [0.1, 0.15) is 0 Å². The van der Waals surface area contributed by atoms with E-state index >= 15 is 0 Å². The summed E-state index contributed by atoms with van der Waals surface area (Å²) in [5, 5.41) is 8.44. The van der Waals surface area contributed by atoms with E-state index in [0.717, 1.165) is 19.3 Å². The first-order valence-corrected chi connectivity index (χ1v) is 7.49. The third kappa shape index (κ3) is 2.48. The summed E-state index contributed by atoms with van der Waals surface area (Å²) in [6.45, 7) is 4.19. The molecule has 1 saturated carbocycles. The Bertz CT molecular complexity index is 295. The average molecular weight is 245 g/mol. The van der Waals surface area contributed by atoms with Crippen LogP contribution in [0.4, 0.5) is 0 Å². The van der Waals surface area contributed by atoms with E-state index < -0.39 is 12.8 Å². The van der Waals surface area contributed by atoms with E-state index in [1.54, 1.807) is 13.8 Å². The maximum atomic E-state index is 12.7. The maximum Gasteiger partial charge on any atom is 0.350 e. The lowest BCUT2D eigenvalue weighted by Gasteiger charge is -2.35. The van der Waals surface area contributed by atoms with Crippen LogP contribution in [0.25, 0.3) is 0 Å². The van der Waals surface area contributed by atoms with Crippen LogP contribution in [0, 0.1) is 11.3 Å². The fourth-order valence-electron chi connectivity index (χ4n) is 2.21. The smallest absolute Gasteiger partial charge is 0.308 e. The van der Waals surface area contributed by atoms with Crippen molar-refractivity contribution in [2.45, 2.75) is 51.1 Å². The lowest BCUT2D eigenvalue weighted by atomic mass is 9.89. The summed E-state index contributed by atoms with van der Waals surface area (Å²) in [5.41, 5.74) is 0. The zero-order chi connectivity index (χ0) is 12.1. The van der Waals surface area contributed by atoms with Crippen molar-refractivity contribution in [2.75, 3.05) is 13.2 Å². The number of hydrogen-bond donors (Lipinski definition) is 0. The first-order chi connectivity index (χ1) is 7.64. The van der Waals surface area contributed by atoms with Crippen LogP contribution in [-0.2, 0) is 13.6 Å². The van der Waals surface area contributed by atoms with Gasteiger partial charge < -0.3 is 9.05 Å². The molecule has 1 rings (SSSR count). The van der Waals surface area contributed by atoms with E-state index in [0.29, 0.717) is 26.1 Å². The van der Waals surface area contributed by atoms with Gasteiger partial charge >= 0.3 is 7.60 Å². The number of nitriles is 1. The Balaban J connectivity index is 2.97. The van der Waals surface area contributed by atoms with Crippen molar-refractivity contribution in [3.05, 3.63) is 0 Å². The number of nitrogens with zero attached hydrogens (tertiary/aromatic N) is 1. The first-order valence-electron chi connectivity index (χ1n) is 5.94. The summed E-state index contributed by atoms with van der Waals surface area (Å²) in [6.07, 6.45) is 4.21. The quantitative estimate of drug-likeness (QED) is 0.696. The van der Waals surface area contributed by atoms with Crippen molar-refractivity contribution in [1.29, 1.82) is 5.26 Å². The van der Waals surface area contributed by atoms with E-state index in [-0.39, 0.29) is 0 Å². The zero-order valence-corrected chi connectivity index (χ0v) is 11.0. The molecule has 92 valence electrons. The number of rotatable bonds is 5. The highest BCUT2D eigenvalue weighted by molar-refractivity contribution is 7.56. The summed E-state index contributed by atoms with van der Waals surface area (Å²) < 4.78 is 23.3. The van der Waals surface area contributed by atoms with Crippen LogP contribution in [-0.4, -0.2) is 18.4 Å². The van der Waals surface area contributed by atoms with Gasteiger partial charge in [0.05, 0.1) is 19.3 Å². The molecule has 0 bridgehead atoms. The van der Waals surface area contributed by atoms with Gasteiger partial charge in [-0.2, -0.15) is 5.26 Å². The van der Waals surface area contributed by atoms with E-state index in [4.69, 9.17) is 9.05 Å². The monoisotopic (exact) mass is 245 g/mol. The van der Waals surface area contributed by atoms with Gasteiger partial charge in [-0.05, 0) is 26.7 Å². The molecule has 0 saturated heterocycles. The molecule has 1 aliphatic carbocycles. The standard InChI is InChI=1S/C11H20NO3P/c1-3-14-16(13,15-4-2)11(10-12)8-6-5-7-9-11/h3-9H2,1-2H3. The topological polar surface area (TPSA) is 59.3 Å². The van der Waals surface area contributed by atoms with Crippen LogP contribution in [0.2, 0.25) is 0 Å². The molecule has 0 atom stereocenters. The van der Waals surface area contributed by atoms with Crippen LogP contribution in [0.1, 0.15) is 46.0 Å². The molecule has 0 heterocycles. The van der Waals surface area contributed by atoms with Gasteiger partial charge in [0.15, 0.2) is 5.16 Å². The van der Waals surface area contributed by atoms with Gasteiger partial charge in [-0.3, -0.25) is 4.57 Å². The van der Waals surface area contributed by atoms with Crippen molar-refractivity contribution < 1.29 is 13.6 Å². The predicted octanol–water partition coefficient (Wildman–Crippen LogP) is 3.48. The van der Waals surface area contributed by atoms with Gasteiger partial charge in [-0.15, -0.1) is 0 Å². The lowest BCUT2D eigenvalue weighted by Crippen LogP contribution is -2.31. The highest BCUT2D eigenvalue weighted by atomic mass is 31.2. The Hall–Kier alpha value is -0.360. The maximum absolute atomic E-state index is 12.7. The Labute approximate surface area is 97.5 Å². The third-order valence-corrected chi connectivity index (χ3v) is 5.80. The molecule has 0 aromatic rings. The minimum atomic E-state index is -3.29. The molecule has 0 N–H and O–H groups in total. The fraction of sp³-hybridized carbons (Fsp3) is 0.909. The zero-order valence-electron chi connectivity index (χ0n) is 10.1. The van der Waals surface area contributed by atoms with Crippen LogP contribution >= 0.6 is 7.60 Å². The Kier molecular flexibility index (Phi) is 4.98. The summed E-state index contributed by atoms with van der Waals surface area (Å²) in [7, 11) is -3.29. The Morgan fingerprint density at radius 2 is 1.69 bits per heavy atom. The van der Waals surface area contributed by atoms with Crippen LogP contribution < -0.4 is 0 Å². The van der Waals surface area contributed by atoms with E-state index in [1.807, 2.05) is 0 Å². The predicted molar refractivity (Wildman–Crippen MR) is 62.3 cm³/mol. The van der Waals surface area contributed by atoms with Gasteiger partial charge in [0, 0.05) is 0 Å². The third-order valence-electron chi connectivity index (χ3n) is 3.01. The second-order valence-electron chi connectivity index (χ2n) is 4.04. The lowest BCUT2D eigenvalue weighted by molar-refractivity contribution is 0.194. The van der Waals surface area contributed by atoms with Crippen LogP contribution in [0.3, 0.4) is 0 Å². The van der Waals surface area contributed by atoms with Gasteiger partial charge in [0.2, 0.25) is 0 Å². The van der Waals surface area contributed by atoms with Crippen LogP contribution in [0.5, 0.6) is 0 Å². The molecule has 4 nitrogen and oxygen atoms in total. The summed E-state index contributed by atoms with van der Waals surface area (Å²) in [6, 6.07) is 2.21. The Morgan fingerprint density at radius 1 is 1.19 bits per heavy atom. The molecular weight excluding hydrogens is 225 g/mol. The molecule has 16 heavy (non-hydrogen) atoms. The van der Waals surface area contributed by atoms with Crippen molar-refractivity contribution in [3.8, 4) is 6.07 Å². The molecule has 0 spiro atoms. The summed E-state index contributed by atoms with van der Waals surface area (Å²) in [5.74, 6) is 0. The van der Waals surface area contributed by atoms with E-state index in [2.05, 4.69) is 6.07 Å². The normalized spacial score (nSPS) is 20.3. The molecule has 0 radical (unpaired) electrons. The van der Waals surface area contributed by atoms with Crippen molar-refractivity contribution in [3.63, 3.8) is 0 Å². The molecule has 0 aliphatic heterocycles. The second kappa shape index (κ2) is 5.82. The number of hydrogen-bond acceptors (Lipinski definition) is 4. The molecule has 0 amide bonds. The highest BCUT2D eigenvalue weighted by Crippen LogP contribution is 2.64. The SMILES string of the molecule is CCOP(=O)(OCC)C1(C#N)CCCCC1. The highest BCUT2D eigenvalue weighted by Gasteiger charge is 2.51. The van der Waals surface area contributed by atoms with E-state index in [9.17, 15) is 9.83 Å². The molecular formula is C11H20NO3P. The van der Waals surface area contributed by atoms with Crippen molar-refractivity contribution >= 4 is 7.60 Å². The van der Waals surface area contributed by atoms with Crippen molar-refractivity contribution in [1.82, 2.24) is 0 Å². The minimum Gasteiger partial charge on any atom is -0.308 e. The van der Waals surface area contributed by atoms with Gasteiger partial charge in [-0.1, -0.05) is 19.3 Å². The molecule has 1 aliphatic rings. The molecule has 1 fully saturated rings. The van der Waals surface area contributed by atoms with Gasteiger partial charge in [-0.25, -0.2) is 0 Å². The first kappa shape index (κ1) is 13.7. The Morgan fingerprint density at radius 3 is 2.06 bits per heavy atom. The van der Waals surface area contributed by atoms with Crippen molar-refractivity contribution in [2.24, 2.45) is 0 Å². The molecule has 5 heteroatoms. The summed E-state index contributed by atoms with van der Waals surface area (Å²) in [4.78, 5) is 0. The van der Waals surface area contributed by atoms with E-state index in [1.165, 1.54) is 0 Å². The second-order valence-corrected chi connectivity index (χ2v) is 6.40. The molecule has 0 unspecified atom stereocenters.